The van der Waals surface area contributed by atoms with Crippen LogP contribution in [0.4, 0.5) is 0 Å². The molecular formula is C42H39Cl2GeZr. The van der Waals surface area contributed by atoms with Gasteiger partial charge in [-0.05, 0) is 0 Å². The van der Waals surface area contributed by atoms with Crippen LogP contribution in [-0.4, -0.2) is 10.6 Å². The Morgan fingerprint density at radius 3 is 1.26 bits per heavy atom. The topological polar surface area (TPSA) is 0 Å². The van der Waals surface area contributed by atoms with Gasteiger partial charge in [-0.25, -0.2) is 0 Å². The maximum absolute atomic E-state index is 2.71. The zero-order chi connectivity index (χ0) is 29.9. The second kappa shape index (κ2) is 13.4. The molecule has 6 aromatic rings. The first-order valence-electron chi connectivity index (χ1n) is 16.0. The Labute approximate surface area is 295 Å². The largest absolute Gasteiger partial charge is 0.147 e. The van der Waals surface area contributed by atoms with Crippen molar-refractivity contribution in [2.24, 2.45) is 0 Å². The number of benzene rings is 6. The molecule has 0 amide bonds. The van der Waals surface area contributed by atoms with Gasteiger partial charge in [0, 0.05) is 0 Å². The van der Waals surface area contributed by atoms with E-state index >= 15 is 0 Å². The van der Waals surface area contributed by atoms with E-state index in [1.165, 1.54) is 54.9 Å². The summed E-state index contributed by atoms with van der Waals surface area (Å²) < 4.78 is 1.31. The summed E-state index contributed by atoms with van der Waals surface area (Å²) in [5, 5.41) is 5.33. The van der Waals surface area contributed by atoms with Crippen molar-refractivity contribution in [1.29, 1.82) is 0 Å². The van der Waals surface area contributed by atoms with Crippen LogP contribution in [0.25, 0.3) is 56.0 Å². The molecule has 0 heterocycles. The molecule has 0 aromatic heterocycles. The number of fused-ring (bicyclic) bond motifs is 4. The van der Waals surface area contributed by atoms with Crippen molar-refractivity contribution in [2.45, 2.75) is 32.6 Å². The Bertz CT molecular complexity index is 2000. The van der Waals surface area contributed by atoms with E-state index in [1.807, 2.05) is 0 Å². The molecule has 2 aliphatic rings. The van der Waals surface area contributed by atoms with Crippen LogP contribution in [-0.2, 0) is 19.2 Å². The maximum Gasteiger partial charge on any atom is -0.147 e. The summed E-state index contributed by atoms with van der Waals surface area (Å²) in [4.78, 5) is 0. The molecule has 0 radical (unpaired) electrons. The van der Waals surface area contributed by atoms with Gasteiger partial charge in [0.1, 0.15) is 0 Å². The fourth-order valence-corrected chi connectivity index (χ4v) is 45.8. The summed E-state index contributed by atoms with van der Waals surface area (Å²) in [5.41, 5.74) is 15.0. The van der Waals surface area contributed by atoms with Crippen molar-refractivity contribution in [3.05, 3.63) is 155 Å². The molecular weight excluding hydrogens is 739 g/mol. The molecule has 0 spiro atoms. The second-order valence-electron chi connectivity index (χ2n) is 13.0. The summed E-state index contributed by atoms with van der Waals surface area (Å²) in [6.45, 7) is 4.90. The molecule has 46 heavy (non-hydrogen) atoms. The van der Waals surface area contributed by atoms with Crippen LogP contribution in [0.1, 0.15) is 43.4 Å². The molecule has 0 bridgehead atoms. The minimum atomic E-state index is -2.08. The van der Waals surface area contributed by atoms with Gasteiger partial charge in [0.15, 0.2) is 0 Å². The van der Waals surface area contributed by atoms with Crippen LogP contribution < -0.4 is 0 Å². The van der Waals surface area contributed by atoms with Crippen molar-refractivity contribution < 1.29 is 19.2 Å². The Morgan fingerprint density at radius 1 is 0.457 bits per heavy atom. The van der Waals surface area contributed by atoms with Crippen LogP contribution in [0, 0.1) is 0 Å². The fraction of sp³-hybridized carbons (Fsp3) is 0.143. The van der Waals surface area contributed by atoms with E-state index in [4.69, 9.17) is 0 Å². The summed E-state index contributed by atoms with van der Waals surface area (Å²) in [6, 6.07) is 45.6. The normalized spacial score (nSPS) is 16.4. The van der Waals surface area contributed by atoms with Crippen LogP contribution in [0.5, 0.6) is 0 Å². The third-order valence-corrected chi connectivity index (χ3v) is 45.2. The van der Waals surface area contributed by atoms with Gasteiger partial charge >= 0.3 is 273 Å². The van der Waals surface area contributed by atoms with Gasteiger partial charge in [-0.15, -0.1) is 24.8 Å². The van der Waals surface area contributed by atoms with Crippen molar-refractivity contribution in [3.63, 3.8) is 0 Å². The van der Waals surface area contributed by atoms with Gasteiger partial charge in [0.05, 0.1) is 0 Å². The maximum atomic E-state index is 2.71. The molecule has 0 saturated heterocycles. The molecule has 0 fully saturated rings. The molecule has 4 heteroatoms. The third-order valence-electron chi connectivity index (χ3n) is 10.0. The molecule has 0 saturated carbocycles. The molecule has 0 aliphatic heterocycles. The average Bonchev–Trinajstić information content (AvgIpc) is 3.56. The third kappa shape index (κ3) is 5.42. The molecule has 2 aliphatic carbocycles. The second-order valence-corrected chi connectivity index (χ2v) is 46.1. The molecule has 229 valence electrons. The minimum Gasteiger partial charge on any atom is -0.147 e. The first-order chi connectivity index (χ1) is 21.5. The summed E-state index contributed by atoms with van der Waals surface area (Å²) in [7, 11) is -1.50. The van der Waals surface area contributed by atoms with E-state index in [0.29, 0.717) is 7.25 Å². The molecule has 0 nitrogen and oxygen atoms in total. The predicted octanol–water partition coefficient (Wildman–Crippen LogP) is 12.4. The molecule has 6 aromatic carbocycles. The van der Waals surface area contributed by atoms with Gasteiger partial charge < -0.3 is 0 Å². The Balaban J connectivity index is 0.00000186. The number of rotatable bonds is 5. The first kappa shape index (κ1) is 33.2. The smallest absolute Gasteiger partial charge is 0.147 e. The van der Waals surface area contributed by atoms with E-state index in [2.05, 4.69) is 159 Å². The van der Waals surface area contributed by atoms with E-state index in [0.717, 1.165) is 0 Å². The van der Waals surface area contributed by atoms with Gasteiger partial charge in [0.2, 0.25) is 0 Å². The average molecular weight is 779 g/mol. The Morgan fingerprint density at radius 2 is 0.826 bits per heavy atom. The molecule has 0 N–H and O–H groups in total. The monoisotopic (exact) mass is 777 g/mol. The van der Waals surface area contributed by atoms with E-state index in [-0.39, 0.29) is 24.8 Å². The summed E-state index contributed by atoms with van der Waals surface area (Å²) in [6.07, 6.45) is 5.15. The molecule has 8 rings (SSSR count). The number of hydrogen-bond acceptors (Lipinski definition) is 0. The van der Waals surface area contributed by atoms with Crippen LogP contribution in [0.2, 0.25) is 11.5 Å². The summed E-state index contributed by atoms with van der Waals surface area (Å²) >= 11 is -2.08. The van der Waals surface area contributed by atoms with Gasteiger partial charge in [0.25, 0.3) is 0 Å². The van der Waals surface area contributed by atoms with Gasteiger partial charge in [-0.3, -0.25) is 0 Å². The van der Waals surface area contributed by atoms with Crippen molar-refractivity contribution >= 4 is 69.1 Å². The van der Waals surface area contributed by atoms with E-state index in [9.17, 15) is 0 Å². The Hall–Kier alpha value is -2.67. The molecule has 2 atom stereocenters. The predicted molar refractivity (Wildman–Crippen MR) is 205 cm³/mol. The van der Waals surface area contributed by atoms with Crippen molar-refractivity contribution in [1.82, 2.24) is 0 Å². The Kier molecular flexibility index (Phi) is 9.71. The SMILES string of the molecule is CC1=Cc2c(-c3cccc4ccccc34)cccc2[CH]1[Zr]([CH]1C(C)=Cc2c(-c3cccc4ccccc34)cccc21)[GeH]([CH3])[CH3].Cl.Cl. The van der Waals surface area contributed by atoms with Crippen molar-refractivity contribution in [3.8, 4) is 22.3 Å². The van der Waals surface area contributed by atoms with Crippen molar-refractivity contribution in [2.75, 3.05) is 0 Å². The van der Waals surface area contributed by atoms with Crippen LogP contribution in [0.3, 0.4) is 0 Å². The fourth-order valence-electron chi connectivity index (χ4n) is 8.21. The number of halogens is 2. The summed E-state index contributed by atoms with van der Waals surface area (Å²) in [5.74, 6) is 5.42. The number of hydrogen-bond donors (Lipinski definition) is 0. The first-order valence-corrected chi connectivity index (χ1v) is 32.2. The zero-order valence-electron chi connectivity index (χ0n) is 26.8. The van der Waals surface area contributed by atoms with Gasteiger partial charge in [-0.1, -0.05) is 0 Å². The minimum absolute atomic E-state index is 0. The molecule has 2 unspecified atom stereocenters. The standard InChI is InChI=1S/2C20H15.C2H7Ge.2ClH.Zr/c2*1-14-12-16-8-5-11-19(20(16)13-14)18-10-4-7-15-6-2-3-9-17(15)18;1-3-2;;;/h2*2-13H,1H3;3H,1-2H3;2*1H;. The number of allylic oxidation sites excluding steroid dienone is 2. The van der Waals surface area contributed by atoms with Gasteiger partial charge in [-0.2, -0.15) is 0 Å². The van der Waals surface area contributed by atoms with Crippen LogP contribution >= 0.6 is 24.8 Å². The van der Waals surface area contributed by atoms with E-state index < -0.39 is 29.8 Å². The quantitative estimate of drug-likeness (QED) is 0.153. The van der Waals surface area contributed by atoms with E-state index in [1.54, 1.807) is 22.3 Å². The van der Waals surface area contributed by atoms with Crippen LogP contribution in [0.15, 0.2) is 132 Å². The zero-order valence-corrected chi connectivity index (χ0v) is 33.3.